The van der Waals surface area contributed by atoms with Gasteiger partial charge in [0, 0.05) is 0 Å². The van der Waals surface area contributed by atoms with Gasteiger partial charge in [-0.2, -0.15) is 8.42 Å². The molecule has 1 N–H and O–H groups in total. The Morgan fingerprint density at radius 3 is 2.00 bits per heavy atom. The zero-order valence-corrected chi connectivity index (χ0v) is 20.9. The van der Waals surface area contributed by atoms with Crippen LogP contribution in [0, 0.1) is 0 Å². The Morgan fingerprint density at radius 1 is 0.867 bits per heavy atom. The minimum Gasteiger partial charge on any atom is -0.872 e. The fourth-order valence-electron chi connectivity index (χ4n) is 3.42. The molecule has 0 aliphatic heterocycles. The van der Waals surface area contributed by atoms with E-state index in [0.717, 1.165) is 19.3 Å². The number of hydrogen-bond acceptors (Lipinski definition) is 4. The van der Waals surface area contributed by atoms with Gasteiger partial charge < -0.3 is 9.84 Å². The fourth-order valence-corrected chi connectivity index (χ4v) is 4.29. The third kappa shape index (κ3) is 8.98. The second-order valence-electron chi connectivity index (χ2n) is 7.34. The van der Waals surface area contributed by atoms with Gasteiger partial charge in [0.05, 0.1) is 0 Å². The van der Waals surface area contributed by atoms with Crippen LogP contribution in [0.4, 0.5) is 0 Å². The first kappa shape index (κ1) is 27.0. The molecule has 2 rings (SSSR count). The van der Waals surface area contributed by atoms with Crippen LogP contribution < -0.4 is 39.4 Å². The fraction of sp³-hybridized carbons (Fsp3) is 0.478. The molecule has 7 heteroatoms. The third-order valence-corrected chi connectivity index (χ3v) is 5.90. The summed E-state index contributed by atoms with van der Waals surface area (Å²) in [6, 6.07) is 11.3. The van der Waals surface area contributed by atoms with Crippen molar-refractivity contribution in [3.8, 4) is 17.2 Å². The monoisotopic (exact) mass is 442 g/mol. The number of benzene rings is 2. The molecule has 0 fully saturated rings. The van der Waals surface area contributed by atoms with Crippen LogP contribution in [0.2, 0.25) is 0 Å². The van der Waals surface area contributed by atoms with Gasteiger partial charge in [-0.25, -0.2) is 0 Å². The summed E-state index contributed by atoms with van der Waals surface area (Å²) in [7, 11) is -4.59. The number of rotatable bonds is 13. The maximum atomic E-state index is 12.3. The minimum absolute atomic E-state index is 0. The Morgan fingerprint density at radius 2 is 1.43 bits per heavy atom. The SMILES string of the molecule is CCCCCCCCCCCc1c([O-])ccc(Oc2ccccc2)c1S(=O)(=O)O.[Na+]. The van der Waals surface area contributed by atoms with E-state index in [0.29, 0.717) is 18.6 Å². The summed E-state index contributed by atoms with van der Waals surface area (Å²) in [5, 5.41) is 12.3. The van der Waals surface area contributed by atoms with E-state index in [9.17, 15) is 18.1 Å². The van der Waals surface area contributed by atoms with Gasteiger partial charge in [-0.05, 0) is 36.6 Å². The van der Waals surface area contributed by atoms with Crippen molar-refractivity contribution in [3.63, 3.8) is 0 Å². The predicted molar refractivity (Wildman–Crippen MR) is 113 cm³/mol. The van der Waals surface area contributed by atoms with Crippen molar-refractivity contribution in [1.82, 2.24) is 0 Å². The Labute approximate surface area is 202 Å². The molecule has 0 saturated carbocycles. The van der Waals surface area contributed by atoms with Crippen LogP contribution >= 0.6 is 0 Å². The van der Waals surface area contributed by atoms with E-state index in [4.69, 9.17) is 4.74 Å². The van der Waals surface area contributed by atoms with Gasteiger partial charge in [-0.3, -0.25) is 4.55 Å². The minimum atomic E-state index is -4.59. The standard InChI is InChI=1S/C23H32O5S.Na/c1-2-3-4-5-6-7-8-9-13-16-20-21(24)17-18-22(23(20)29(25,26)27)28-19-14-11-10-12-15-19;/h10-12,14-15,17-18,24H,2-9,13,16H2,1H3,(H,25,26,27);/q;+1/p-1. The molecule has 0 heterocycles. The average Bonchev–Trinajstić information content (AvgIpc) is 2.68. The normalized spacial score (nSPS) is 11.1. The Kier molecular flexibility index (Phi) is 12.7. The molecule has 0 unspecified atom stereocenters. The van der Waals surface area contributed by atoms with Gasteiger partial charge in [-0.1, -0.05) is 82.6 Å². The molecule has 5 nitrogen and oxygen atoms in total. The molecular weight excluding hydrogens is 411 g/mol. The van der Waals surface area contributed by atoms with Crippen LogP contribution in [0.3, 0.4) is 0 Å². The van der Waals surface area contributed by atoms with E-state index < -0.39 is 20.8 Å². The average molecular weight is 443 g/mol. The van der Waals surface area contributed by atoms with Crippen molar-refractivity contribution in [2.24, 2.45) is 0 Å². The van der Waals surface area contributed by atoms with Gasteiger partial charge in [0.15, 0.2) is 0 Å². The maximum Gasteiger partial charge on any atom is 1.00 e. The van der Waals surface area contributed by atoms with Crippen LogP contribution in [0.25, 0.3) is 0 Å². The molecule has 2 aromatic rings. The van der Waals surface area contributed by atoms with E-state index in [-0.39, 0.29) is 40.9 Å². The van der Waals surface area contributed by atoms with Crippen molar-refractivity contribution in [1.29, 1.82) is 0 Å². The summed E-state index contributed by atoms with van der Waals surface area (Å²) in [6.07, 6.45) is 10.4. The van der Waals surface area contributed by atoms with E-state index >= 15 is 0 Å². The van der Waals surface area contributed by atoms with E-state index in [1.807, 2.05) is 6.07 Å². The zero-order valence-electron chi connectivity index (χ0n) is 18.1. The van der Waals surface area contributed by atoms with E-state index in [2.05, 4.69) is 6.92 Å². The largest absolute Gasteiger partial charge is 1.00 e. The Balaban J connectivity index is 0.00000450. The molecule has 0 aromatic heterocycles. The second kappa shape index (κ2) is 14.1. The topological polar surface area (TPSA) is 86.7 Å². The summed E-state index contributed by atoms with van der Waals surface area (Å²) in [5.74, 6) is 0.0203. The zero-order chi connectivity index (χ0) is 21.1. The van der Waals surface area contributed by atoms with Crippen molar-refractivity contribution >= 4 is 10.1 Å². The molecule has 0 aliphatic rings. The van der Waals surface area contributed by atoms with Crippen molar-refractivity contribution in [3.05, 3.63) is 48.0 Å². The smallest absolute Gasteiger partial charge is 0.872 e. The number of para-hydroxylation sites is 1. The molecule has 0 aliphatic carbocycles. The van der Waals surface area contributed by atoms with E-state index in [1.54, 1.807) is 24.3 Å². The molecule has 0 spiro atoms. The molecule has 0 atom stereocenters. The Hall–Kier alpha value is -1.05. The molecule has 0 saturated heterocycles. The summed E-state index contributed by atoms with van der Waals surface area (Å²) >= 11 is 0. The van der Waals surface area contributed by atoms with Crippen LogP contribution in [0.1, 0.15) is 70.3 Å². The van der Waals surface area contributed by atoms with Crippen molar-refractivity contribution in [2.45, 2.75) is 76.0 Å². The molecule has 0 bridgehead atoms. The molecular formula is C23H31NaO5S. The predicted octanol–water partition coefficient (Wildman–Crippen LogP) is 2.88. The van der Waals surface area contributed by atoms with Gasteiger partial charge in [-0.15, -0.1) is 5.75 Å². The van der Waals surface area contributed by atoms with Crippen LogP contribution in [-0.2, 0) is 16.5 Å². The van der Waals surface area contributed by atoms with Crippen LogP contribution in [0.5, 0.6) is 17.2 Å². The van der Waals surface area contributed by atoms with Gasteiger partial charge >= 0.3 is 29.6 Å². The number of hydrogen-bond donors (Lipinski definition) is 1. The first-order valence-corrected chi connectivity index (χ1v) is 11.9. The van der Waals surface area contributed by atoms with Gasteiger partial charge in [0.2, 0.25) is 0 Å². The van der Waals surface area contributed by atoms with Crippen LogP contribution in [-0.4, -0.2) is 13.0 Å². The first-order chi connectivity index (χ1) is 13.9. The number of ether oxygens (including phenoxy) is 1. The second-order valence-corrected chi connectivity index (χ2v) is 8.70. The molecule has 0 radical (unpaired) electrons. The van der Waals surface area contributed by atoms with Crippen molar-refractivity contribution in [2.75, 3.05) is 0 Å². The summed E-state index contributed by atoms with van der Waals surface area (Å²) < 4.78 is 39.4. The maximum absolute atomic E-state index is 12.3. The van der Waals surface area contributed by atoms with Crippen LogP contribution in [0.15, 0.2) is 47.4 Å². The molecule has 30 heavy (non-hydrogen) atoms. The molecule has 2 aromatic carbocycles. The van der Waals surface area contributed by atoms with E-state index in [1.165, 1.54) is 44.2 Å². The Bertz CT molecular complexity index is 853. The van der Waals surface area contributed by atoms with Gasteiger partial charge in [0.25, 0.3) is 10.1 Å². The first-order valence-electron chi connectivity index (χ1n) is 10.5. The van der Waals surface area contributed by atoms with Crippen molar-refractivity contribution < 1.29 is 52.4 Å². The van der Waals surface area contributed by atoms with Gasteiger partial charge in [0.1, 0.15) is 16.4 Å². The third-order valence-electron chi connectivity index (χ3n) is 4.94. The summed E-state index contributed by atoms with van der Waals surface area (Å²) in [4.78, 5) is -0.409. The molecule has 0 amide bonds. The summed E-state index contributed by atoms with van der Waals surface area (Å²) in [5.41, 5.74) is 0.101. The quantitative estimate of drug-likeness (QED) is 0.293. The molecule has 160 valence electrons. The summed E-state index contributed by atoms with van der Waals surface area (Å²) in [6.45, 7) is 2.20. The number of unbranched alkanes of at least 4 members (excludes halogenated alkanes) is 8.